The SMILES string of the molecule is CCCCc1cc(=O)[nH]c(NCCc2ccc(OC)cc2)n1. The van der Waals surface area contributed by atoms with Gasteiger partial charge in [-0.15, -0.1) is 0 Å². The van der Waals surface area contributed by atoms with Crippen LogP contribution in [0.15, 0.2) is 35.1 Å². The topological polar surface area (TPSA) is 67.0 Å². The molecule has 1 aromatic heterocycles. The highest BCUT2D eigenvalue weighted by molar-refractivity contribution is 5.29. The summed E-state index contributed by atoms with van der Waals surface area (Å²) in [6.45, 7) is 2.84. The monoisotopic (exact) mass is 301 g/mol. The zero-order chi connectivity index (χ0) is 15.8. The number of aromatic nitrogens is 2. The van der Waals surface area contributed by atoms with Crippen LogP contribution in [-0.4, -0.2) is 23.6 Å². The first-order chi connectivity index (χ1) is 10.7. The van der Waals surface area contributed by atoms with Crippen LogP contribution in [0, 0.1) is 0 Å². The van der Waals surface area contributed by atoms with Crippen LogP contribution in [0.4, 0.5) is 5.95 Å². The molecule has 2 rings (SSSR count). The lowest BCUT2D eigenvalue weighted by molar-refractivity contribution is 0.414. The summed E-state index contributed by atoms with van der Waals surface area (Å²) in [5.74, 6) is 1.40. The van der Waals surface area contributed by atoms with Gasteiger partial charge in [-0.05, 0) is 37.0 Å². The molecule has 0 bridgehead atoms. The Labute approximate surface area is 130 Å². The van der Waals surface area contributed by atoms with Crippen LogP contribution < -0.4 is 15.6 Å². The maximum absolute atomic E-state index is 11.6. The summed E-state index contributed by atoms with van der Waals surface area (Å²) in [4.78, 5) is 18.8. The Balaban J connectivity index is 1.90. The number of rotatable bonds is 8. The van der Waals surface area contributed by atoms with E-state index in [2.05, 4.69) is 22.2 Å². The van der Waals surface area contributed by atoms with Gasteiger partial charge in [-0.1, -0.05) is 25.5 Å². The summed E-state index contributed by atoms with van der Waals surface area (Å²) in [6.07, 6.45) is 3.83. The first-order valence-electron chi connectivity index (χ1n) is 7.68. The molecule has 0 radical (unpaired) electrons. The predicted molar refractivity (Wildman–Crippen MR) is 88.7 cm³/mol. The van der Waals surface area contributed by atoms with E-state index in [1.807, 2.05) is 24.3 Å². The molecule has 1 heterocycles. The molecule has 0 fully saturated rings. The first-order valence-corrected chi connectivity index (χ1v) is 7.68. The predicted octanol–water partition coefficient (Wildman–Crippen LogP) is 2.78. The average Bonchev–Trinajstić information content (AvgIpc) is 2.53. The third kappa shape index (κ3) is 4.91. The summed E-state index contributed by atoms with van der Waals surface area (Å²) in [6, 6.07) is 9.54. The number of benzene rings is 1. The molecule has 2 aromatic rings. The van der Waals surface area contributed by atoms with Crippen molar-refractivity contribution in [2.75, 3.05) is 19.0 Å². The van der Waals surface area contributed by atoms with Gasteiger partial charge in [-0.2, -0.15) is 0 Å². The fourth-order valence-corrected chi connectivity index (χ4v) is 2.20. The molecule has 0 aliphatic carbocycles. The molecule has 0 aliphatic heterocycles. The highest BCUT2D eigenvalue weighted by Gasteiger charge is 2.01. The summed E-state index contributed by atoms with van der Waals surface area (Å²) in [5.41, 5.74) is 1.95. The lowest BCUT2D eigenvalue weighted by atomic mass is 10.1. The van der Waals surface area contributed by atoms with Crippen LogP contribution in [0.25, 0.3) is 0 Å². The van der Waals surface area contributed by atoms with E-state index in [-0.39, 0.29) is 5.56 Å². The zero-order valence-corrected chi connectivity index (χ0v) is 13.2. The minimum absolute atomic E-state index is 0.104. The fourth-order valence-electron chi connectivity index (χ4n) is 2.20. The highest BCUT2D eigenvalue weighted by atomic mass is 16.5. The van der Waals surface area contributed by atoms with E-state index in [1.54, 1.807) is 13.2 Å². The minimum atomic E-state index is -0.104. The molecule has 0 saturated carbocycles. The Bertz CT molecular complexity index is 635. The average molecular weight is 301 g/mol. The lowest BCUT2D eigenvalue weighted by Gasteiger charge is -2.07. The maximum atomic E-state index is 11.6. The quantitative estimate of drug-likeness (QED) is 0.787. The third-order valence-electron chi connectivity index (χ3n) is 3.45. The van der Waals surface area contributed by atoms with Gasteiger partial charge in [0.1, 0.15) is 5.75 Å². The first kappa shape index (κ1) is 16.1. The molecule has 0 unspecified atom stereocenters. The van der Waals surface area contributed by atoms with E-state index in [1.165, 1.54) is 5.56 Å². The van der Waals surface area contributed by atoms with Crippen LogP contribution in [0.2, 0.25) is 0 Å². The molecule has 22 heavy (non-hydrogen) atoms. The second-order valence-corrected chi connectivity index (χ2v) is 5.21. The molecule has 0 saturated heterocycles. The standard InChI is InChI=1S/C17H23N3O2/c1-3-4-5-14-12-16(21)20-17(19-14)18-11-10-13-6-8-15(22-2)9-7-13/h6-9,12H,3-5,10-11H2,1-2H3,(H2,18,19,20,21). The van der Waals surface area contributed by atoms with Crippen molar-refractivity contribution in [1.29, 1.82) is 0 Å². The summed E-state index contributed by atoms with van der Waals surface area (Å²) >= 11 is 0. The number of anilines is 1. The van der Waals surface area contributed by atoms with Gasteiger partial charge in [0, 0.05) is 18.3 Å². The Morgan fingerprint density at radius 2 is 2.00 bits per heavy atom. The summed E-state index contributed by atoms with van der Waals surface area (Å²) < 4.78 is 5.14. The normalized spacial score (nSPS) is 10.5. The van der Waals surface area contributed by atoms with Gasteiger partial charge in [-0.25, -0.2) is 4.98 Å². The number of unbranched alkanes of at least 4 members (excludes halogenated alkanes) is 1. The minimum Gasteiger partial charge on any atom is -0.497 e. The molecule has 5 heteroatoms. The van der Waals surface area contributed by atoms with Crippen LogP contribution in [0.3, 0.4) is 0 Å². The highest BCUT2D eigenvalue weighted by Crippen LogP contribution is 2.11. The molecule has 1 aromatic carbocycles. The van der Waals surface area contributed by atoms with Crippen molar-refractivity contribution in [2.24, 2.45) is 0 Å². The van der Waals surface area contributed by atoms with Crippen LogP contribution in [0.5, 0.6) is 5.75 Å². The Morgan fingerprint density at radius 1 is 1.23 bits per heavy atom. The molecule has 0 amide bonds. The molecular formula is C17H23N3O2. The molecule has 2 N–H and O–H groups in total. The Kier molecular flexibility index (Phi) is 6.01. The zero-order valence-electron chi connectivity index (χ0n) is 13.2. The number of nitrogens with one attached hydrogen (secondary N) is 2. The second kappa shape index (κ2) is 8.22. The molecule has 0 aliphatic rings. The smallest absolute Gasteiger partial charge is 0.252 e. The van der Waals surface area contributed by atoms with Crippen molar-refractivity contribution in [3.8, 4) is 5.75 Å². The lowest BCUT2D eigenvalue weighted by Crippen LogP contribution is -2.15. The molecule has 0 spiro atoms. The number of methoxy groups -OCH3 is 1. The van der Waals surface area contributed by atoms with Gasteiger partial charge in [-0.3, -0.25) is 9.78 Å². The van der Waals surface area contributed by atoms with Crippen molar-refractivity contribution in [3.63, 3.8) is 0 Å². The summed E-state index contributed by atoms with van der Waals surface area (Å²) in [7, 11) is 1.66. The van der Waals surface area contributed by atoms with Gasteiger partial charge < -0.3 is 10.1 Å². The van der Waals surface area contributed by atoms with Crippen molar-refractivity contribution >= 4 is 5.95 Å². The molecule has 0 atom stereocenters. The molecule has 118 valence electrons. The Morgan fingerprint density at radius 3 is 2.68 bits per heavy atom. The van der Waals surface area contributed by atoms with E-state index < -0.39 is 0 Å². The molecule has 5 nitrogen and oxygen atoms in total. The number of aromatic amines is 1. The number of H-pyrrole nitrogens is 1. The van der Waals surface area contributed by atoms with Crippen molar-refractivity contribution in [1.82, 2.24) is 9.97 Å². The van der Waals surface area contributed by atoms with Gasteiger partial charge in [0.25, 0.3) is 5.56 Å². The van der Waals surface area contributed by atoms with Gasteiger partial charge in [0.05, 0.1) is 7.11 Å². The second-order valence-electron chi connectivity index (χ2n) is 5.21. The van der Waals surface area contributed by atoms with Crippen molar-refractivity contribution in [3.05, 3.63) is 51.9 Å². The Hall–Kier alpha value is -2.30. The van der Waals surface area contributed by atoms with Crippen LogP contribution in [-0.2, 0) is 12.8 Å². The largest absolute Gasteiger partial charge is 0.497 e. The summed E-state index contributed by atoms with van der Waals surface area (Å²) in [5, 5.41) is 3.18. The van der Waals surface area contributed by atoms with E-state index in [0.717, 1.165) is 37.1 Å². The van der Waals surface area contributed by atoms with Gasteiger partial charge in [0.2, 0.25) is 5.95 Å². The number of aryl methyl sites for hydroxylation is 1. The van der Waals surface area contributed by atoms with Gasteiger partial charge >= 0.3 is 0 Å². The molecular weight excluding hydrogens is 278 g/mol. The third-order valence-corrected chi connectivity index (χ3v) is 3.45. The van der Waals surface area contributed by atoms with Crippen LogP contribution in [0.1, 0.15) is 31.0 Å². The number of hydrogen-bond donors (Lipinski definition) is 2. The van der Waals surface area contributed by atoms with Gasteiger partial charge in [0.15, 0.2) is 0 Å². The maximum Gasteiger partial charge on any atom is 0.252 e. The van der Waals surface area contributed by atoms with E-state index in [9.17, 15) is 4.79 Å². The van der Waals surface area contributed by atoms with E-state index in [4.69, 9.17) is 4.74 Å². The van der Waals surface area contributed by atoms with E-state index in [0.29, 0.717) is 12.5 Å². The van der Waals surface area contributed by atoms with E-state index >= 15 is 0 Å². The number of nitrogens with zero attached hydrogens (tertiary/aromatic N) is 1. The van der Waals surface area contributed by atoms with Crippen molar-refractivity contribution in [2.45, 2.75) is 32.6 Å². The number of hydrogen-bond acceptors (Lipinski definition) is 4. The number of ether oxygens (including phenoxy) is 1. The fraction of sp³-hybridized carbons (Fsp3) is 0.412. The van der Waals surface area contributed by atoms with Crippen LogP contribution >= 0.6 is 0 Å². The van der Waals surface area contributed by atoms with Crippen molar-refractivity contribution < 1.29 is 4.74 Å².